The van der Waals surface area contributed by atoms with Gasteiger partial charge in [0, 0.05) is 32.4 Å². The molecule has 7 heteroatoms. The molecule has 7 nitrogen and oxygen atoms in total. The summed E-state index contributed by atoms with van der Waals surface area (Å²) in [6, 6.07) is 2.06. The van der Waals surface area contributed by atoms with Gasteiger partial charge in [0.1, 0.15) is 11.4 Å². The number of aromatic nitrogens is 2. The average molecular weight is 402 g/mol. The summed E-state index contributed by atoms with van der Waals surface area (Å²) in [6.07, 6.45) is 9.25. The molecule has 1 saturated carbocycles. The molecule has 4 rings (SSSR count). The Balaban J connectivity index is 1.30. The van der Waals surface area contributed by atoms with Crippen LogP contribution >= 0.6 is 0 Å². The number of carbonyl (C=O) groups excluding carboxylic acids is 1. The summed E-state index contributed by atoms with van der Waals surface area (Å²) in [7, 11) is 0. The second kappa shape index (κ2) is 8.36. The van der Waals surface area contributed by atoms with E-state index in [1.165, 1.54) is 32.1 Å². The predicted molar refractivity (Wildman–Crippen MR) is 114 cm³/mol. The van der Waals surface area contributed by atoms with Crippen LogP contribution in [0.15, 0.2) is 12.3 Å². The molecule has 2 saturated heterocycles. The SMILES string of the molecule is CC(C)(C)OC(=O)NC1CCN(c2ccnc(N3CCC(C4CCC4)CC3)n2)C1. The second-order valence-electron chi connectivity index (χ2n) is 9.81. The Labute approximate surface area is 174 Å². The molecule has 0 aromatic carbocycles. The van der Waals surface area contributed by atoms with E-state index in [1.807, 2.05) is 33.0 Å². The van der Waals surface area contributed by atoms with Crippen molar-refractivity contribution in [3.8, 4) is 0 Å². The van der Waals surface area contributed by atoms with E-state index < -0.39 is 5.60 Å². The third kappa shape index (κ3) is 5.11. The highest BCUT2D eigenvalue weighted by Crippen LogP contribution is 2.39. The van der Waals surface area contributed by atoms with E-state index in [0.29, 0.717) is 0 Å². The molecule has 3 fully saturated rings. The third-order valence-electron chi connectivity index (χ3n) is 6.50. The number of rotatable bonds is 4. The number of carbonyl (C=O) groups is 1. The molecule has 1 amide bonds. The lowest BCUT2D eigenvalue weighted by atomic mass is 9.72. The van der Waals surface area contributed by atoms with Crippen LogP contribution in [-0.4, -0.2) is 53.9 Å². The molecule has 2 aliphatic heterocycles. The predicted octanol–water partition coefficient (Wildman–Crippen LogP) is 3.60. The minimum absolute atomic E-state index is 0.0847. The van der Waals surface area contributed by atoms with Gasteiger partial charge >= 0.3 is 6.09 Å². The van der Waals surface area contributed by atoms with Crippen molar-refractivity contribution in [1.82, 2.24) is 15.3 Å². The minimum Gasteiger partial charge on any atom is -0.444 e. The number of piperidine rings is 1. The third-order valence-corrected chi connectivity index (χ3v) is 6.50. The Hall–Kier alpha value is -2.05. The summed E-state index contributed by atoms with van der Waals surface area (Å²) in [6.45, 7) is 9.39. The lowest BCUT2D eigenvalue weighted by Gasteiger charge is -2.40. The van der Waals surface area contributed by atoms with Gasteiger partial charge in [-0.25, -0.2) is 9.78 Å². The lowest BCUT2D eigenvalue weighted by molar-refractivity contribution is 0.0509. The summed E-state index contributed by atoms with van der Waals surface area (Å²) in [4.78, 5) is 26.0. The molecule has 3 heterocycles. The van der Waals surface area contributed by atoms with Crippen LogP contribution in [0.3, 0.4) is 0 Å². The number of ether oxygens (including phenoxy) is 1. The largest absolute Gasteiger partial charge is 0.444 e. The molecule has 0 radical (unpaired) electrons. The van der Waals surface area contributed by atoms with Gasteiger partial charge in [-0.2, -0.15) is 4.98 Å². The Morgan fingerprint density at radius 3 is 2.41 bits per heavy atom. The van der Waals surface area contributed by atoms with Crippen LogP contribution in [0.1, 0.15) is 59.3 Å². The monoisotopic (exact) mass is 401 g/mol. The summed E-state index contributed by atoms with van der Waals surface area (Å²) >= 11 is 0. The highest BCUT2D eigenvalue weighted by Gasteiger charge is 2.31. The van der Waals surface area contributed by atoms with E-state index >= 15 is 0 Å². The normalized spacial score (nSPS) is 23.8. The molecule has 1 atom stereocenters. The highest BCUT2D eigenvalue weighted by atomic mass is 16.6. The maximum absolute atomic E-state index is 12.0. The minimum atomic E-state index is -0.476. The van der Waals surface area contributed by atoms with Crippen molar-refractivity contribution in [3.05, 3.63) is 12.3 Å². The molecule has 160 valence electrons. The molecule has 1 aromatic heterocycles. The van der Waals surface area contributed by atoms with E-state index in [9.17, 15) is 4.79 Å². The van der Waals surface area contributed by atoms with Gasteiger partial charge in [0.25, 0.3) is 0 Å². The van der Waals surface area contributed by atoms with Gasteiger partial charge in [0.2, 0.25) is 5.95 Å². The molecule has 1 unspecified atom stereocenters. The first kappa shape index (κ1) is 20.2. The van der Waals surface area contributed by atoms with Crippen LogP contribution < -0.4 is 15.1 Å². The molecule has 3 aliphatic rings. The van der Waals surface area contributed by atoms with Crippen LogP contribution in [0.5, 0.6) is 0 Å². The molecule has 29 heavy (non-hydrogen) atoms. The number of nitrogens with zero attached hydrogens (tertiary/aromatic N) is 4. The molecule has 1 aliphatic carbocycles. The van der Waals surface area contributed by atoms with E-state index in [4.69, 9.17) is 9.72 Å². The average Bonchev–Trinajstić information content (AvgIpc) is 3.08. The number of nitrogens with one attached hydrogen (secondary N) is 1. The van der Waals surface area contributed by atoms with Crippen LogP contribution in [0, 0.1) is 11.8 Å². The lowest BCUT2D eigenvalue weighted by Crippen LogP contribution is -2.40. The first-order valence-electron chi connectivity index (χ1n) is 11.2. The van der Waals surface area contributed by atoms with Crippen molar-refractivity contribution in [1.29, 1.82) is 0 Å². The van der Waals surface area contributed by atoms with Gasteiger partial charge in [-0.1, -0.05) is 19.3 Å². The number of alkyl carbamates (subject to hydrolysis) is 1. The fourth-order valence-electron chi connectivity index (χ4n) is 4.71. The van der Waals surface area contributed by atoms with Crippen molar-refractivity contribution in [2.75, 3.05) is 36.0 Å². The molecule has 1 N–H and O–H groups in total. The maximum Gasteiger partial charge on any atom is 0.407 e. The Morgan fingerprint density at radius 2 is 1.76 bits per heavy atom. The van der Waals surface area contributed by atoms with E-state index in [2.05, 4.69) is 20.1 Å². The molecular weight excluding hydrogens is 366 g/mol. The summed E-state index contributed by atoms with van der Waals surface area (Å²) < 4.78 is 5.38. The zero-order chi connectivity index (χ0) is 20.4. The number of anilines is 2. The summed E-state index contributed by atoms with van der Waals surface area (Å²) in [5.41, 5.74) is -0.476. The van der Waals surface area contributed by atoms with Crippen molar-refractivity contribution in [2.24, 2.45) is 11.8 Å². The van der Waals surface area contributed by atoms with Gasteiger partial charge < -0.3 is 19.9 Å². The number of hydrogen-bond acceptors (Lipinski definition) is 6. The van der Waals surface area contributed by atoms with Gasteiger partial charge in [0.05, 0.1) is 6.04 Å². The van der Waals surface area contributed by atoms with Crippen molar-refractivity contribution >= 4 is 17.9 Å². The Kier molecular flexibility index (Phi) is 5.83. The smallest absolute Gasteiger partial charge is 0.407 e. The van der Waals surface area contributed by atoms with Gasteiger partial charge in [-0.15, -0.1) is 0 Å². The number of hydrogen-bond donors (Lipinski definition) is 1. The fourth-order valence-corrected chi connectivity index (χ4v) is 4.71. The molecule has 0 spiro atoms. The first-order chi connectivity index (χ1) is 13.9. The quantitative estimate of drug-likeness (QED) is 0.831. The van der Waals surface area contributed by atoms with Crippen molar-refractivity contribution in [3.63, 3.8) is 0 Å². The summed E-state index contributed by atoms with van der Waals surface area (Å²) in [5.74, 6) is 3.67. The first-order valence-corrected chi connectivity index (χ1v) is 11.2. The van der Waals surface area contributed by atoms with Crippen LogP contribution in [0.4, 0.5) is 16.6 Å². The maximum atomic E-state index is 12.0. The van der Waals surface area contributed by atoms with E-state index in [1.54, 1.807) is 0 Å². The molecular formula is C22H35N5O2. The zero-order valence-electron chi connectivity index (χ0n) is 18.1. The van der Waals surface area contributed by atoms with Crippen LogP contribution in [-0.2, 0) is 4.74 Å². The van der Waals surface area contributed by atoms with Crippen LogP contribution in [0.2, 0.25) is 0 Å². The second-order valence-corrected chi connectivity index (χ2v) is 9.81. The Morgan fingerprint density at radius 1 is 1.07 bits per heavy atom. The molecule has 1 aromatic rings. The van der Waals surface area contributed by atoms with Crippen molar-refractivity contribution in [2.45, 2.75) is 70.9 Å². The van der Waals surface area contributed by atoms with E-state index in [-0.39, 0.29) is 12.1 Å². The standard InChI is InChI=1S/C22H35N5O2/c1-22(2,3)29-21(28)24-18-10-14-27(15-18)19-7-11-23-20(25-19)26-12-8-17(9-13-26)16-5-4-6-16/h7,11,16-18H,4-6,8-10,12-15H2,1-3H3,(H,24,28). The Bertz CT molecular complexity index is 707. The van der Waals surface area contributed by atoms with Crippen LogP contribution in [0.25, 0.3) is 0 Å². The zero-order valence-corrected chi connectivity index (χ0v) is 18.1. The number of amides is 1. The van der Waals surface area contributed by atoms with Gasteiger partial charge in [0.15, 0.2) is 0 Å². The summed E-state index contributed by atoms with van der Waals surface area (Å²) in [5, 5.41) is 2.98. The highest BCUT2D eigenvalue weighted by molar-refractivity contribution is 5.68. The topological polar surface area (TPSA) is 70.6 Å². The van der Waals surface area contributed by atoms with Gasteiger partial charge in [-0.05, 0) is 57.9 Å². The van der Waals surface area contributed by atoms with Gasteiger partial charge in [-0.3, -0.25) is 0 Å². The fraction of sp³-hybridized carbons (Fsp3) is 0.773. The van der Waals surface area contributed by atoms with E-state index in [0.717, 1.165) is 56.2 Å². The molecule has 0 bridgehead atoms. The van der Waals surface area contributed by atoms with Crippen molar-refractivity contribution < 1.29 is 9.53 Å².